The first-order chi connectivity index (χ1) is 14.5. The number of hydrogen-bond donors (Lipinski definition) is 0. The molecule has 1 aliphatic carbocycles. The lowest BCUT2D eigenvalue weighted by atomic mass is 9.90. The van der Waals surface area contributed by atoms with E-state index in [4.69, 9.17) is 4.42 Å². The Kier molecular flexibility index (Phi) is 7.72. The minimum Gasteiger partial charge on any atom is -0.467 e. The summed E-state index contributed by atoms with van der Waals surface area (Å²) in [5.74, 6) is 0.747. The Hall–Kier alpha value is -2.12. The molecule has 0 saturated heterocycles. The minimum atomic E-state index is -0.0323. The van der Waals surface area contributed by atoms with Gasteiger partial charge < -0.3 is 14.2 Å². The quantitative estimate of drug-likeness (QED) is 0.597. The Balaban J connectivity index is 1.73. The van der Waals surface area contributed by atoms with Crippen LogP contribution in [0.1, 0.15) is 54.7 Å². The second-order valence-corrected chi connectivity index (χ2v) is 8.19. The van der Waals surface area contributed by atoms with Crippen molar-refractivity contribution < 1.29 is 9.21 Å². The molecule has 7 heteroatoms. The second kappa shape index (κ2) is 10.3. The average Bonchev–Trinajstić information content (AvgIpc) is 3.38. The molecule has 0 saturated carbocycles. The number of aryl methyl sites for hydroxylation is 1. The Morgan fingerprint density at radius 1 is 1.23 bits per heavy atom. The Labute approximate surface area is 180 Å². The van der Waals surface area contributed by atoms with Crippen molar-refractivity contribution in [3.63, 3.8) is 0 Å². The summed E-state index contributed by atoms with van der Waals surface area (Å²) >= 11 is 0. The van der Waals surface area contributed by atoms with Gasteiger partial charge in [-0.1, -0.05) is 20.8 Å². The van der Waals surface area contributed by atoms with E-state index >= 15 is 0 Å². The summed E-state index contributed by atoms with van der Waals surface area (Å²) in [5.41, 5.74) is 2.94. The van der Waals surface area contributed by atoms with E-state index in [0.29, 0.717) is 18.3 Å². The lowest BCUT2D eigenvalue weighted by Gasteiger charge is -2.35. The van der Waals surface area contributed by atoms with Gasteiger partial charge in [0.15, 0.2) is 5.69 Å². The van der Waals surface area contributed by atoms with Crippen molar-refractivity contribution in [2.45, 2.75) is 52.6 Å². The monoisotopic (exact) mass is 415 g/mol. The van der Waals surface area contributed by atoms with Gasteiger partial charge in [-0.2, -0.15) is 5.10 Å². The van der Waals surface area contributed by atoms with Crippen LogP contribution in [0.25, 0.3) is 0 Å². The predicted molar refractivity (Wildman–Crippen MR) is 119 cm³/mol. The molecule has 1 amide bonds. The van der Waals surface area contributed by atoms with E-state index < -0.39 is 0 Å². The SMILES string of the molecule is CCN(CC)CCN(CC)C1CCc2c(c(C(=O)N(C)Cc3ccco3)nn2C)C1. The van der Waals surface area contributed by atoms with Gasteiger partial charge in [-0.3, -0.25) is 14.4 Å². The lowest BCUT2D eigenvalue weighted by Crippen LogP contribution is -2.44. The van der Waals surface area contributed by atoms with Gasteiger partial charge in [0.05, 0.1) is 12.8 Å². The van der Waals surface area contributed by atoms with E-state index in [-0.39, 0.29) is 5.91 Å². The maximum absolute atomic E-state index is 13.2. The van der Waals surface area contributed by atoms with Crippen LogP contribution in [0.4, 0.5) is 0 Å². The fraction of sp³-hybridized carbons (Fsp3) is 0.652. The summed E-state index contributed by atoms with van der Waals surface area (Å²) < 4.78 is 7.31. The summed E-state index contributed by atoms with van der Waals surface area (Å²) in [6.45, 7) is 12.5. The second-order valence-electron chi connectivity index (χ2n) is 8.19. The van der Waals surface area contributed by atoms with Crippen molar-refractivity contribution in [3.8, 4) is 0 Å². The summed E-state index contributed by atoms with van der Waals surface area (Å²) in [6, 6.07) is 4.20. The molecule has 7 nitrogen and oxygen atoms in total. The zero-order valence-corrected chi connectivity index (χ0v) is 19.2. The Bertz CT molecular complexity index is 810. The molecule has 2 heterocycles. The molecule has 2 aromatic heterocycles. The number of fused-ring (bicyclic) bond motifs is 1. The summed E-state index contributed by atoms with van der Waals surface area (Å²) in [5, 5.41) is 4.63. The van der Waals surface area contributed by atoms with Gasteiger partial charge in [0.25, 0.3) is 5.91 Å². The van der Waals surface area contributed by atoms with E-state index in [2.05, 4.69) is 35.7 Å². The highest BCUT2D eigenvalue weighted by Crippen LogP contribution is 2.28. The largest absolute Gasteiger partial charge is 0.467 e. The third kappa shape index (κ3) is 4.95. The molecule has 0 N–H and O–H groups in total. The number of carbonyl (C=O) groups is 1. The van der Waals surface area contributed by atoms with Crippen LogP contribution in [0.2, 0.25) is 0 Å². The van der Waals surface area contributed by atoms with Crippen molar-refractivity contribution in [2.24, 2.45) is 7.05 Å². The molecular formula is C23H37N5O2. The van der Waals surface area contributed by atoms with Crippen molar-refractivity contribution in [1.29, 1.82) is 0 Å². The third-order valence-corrected chi connectivity index (χ3v) is 6.47. The third-order valence-electron chi connectivity index (χ3n) is 6.47. The van der Waals surface area contributed by atoms with Crippen molar-refractivity contribution in [2.75, 3.05) is 39.8 Å². The summed E-state index contributed by atoms with van der Waals surface area (Å²) in [4.78, 5) is 19.9. The van der Waals surface area contributed by atoms with Crippen LogP contribution in [-0.2, 0) is 26.4 Å². The zero-order valence-electron chi connectivity index (χ0n) is 19.2. The molecule has 3 rings (SSSR count). The highest BCUT2D eigenvalue weighted by molar-refractivity contribution is 5.94. The van der Waals surface area contributed by atoms with Crippen LogP contribution >= 0.6 is 0 Å². The number of amides is 1. The molecule has 2 aromatic rings. The molecule has 0 spiro atoms. The van der Waals surface area contributed by atoms with Gasteiger partial charge in [0.2, 0.25) is 0 Å². The van der Waals surface area contributed by atoms with Crippen LogP contribution in [0, 0.1) is 0 Å². The Morgan fingerprint density at radius 2 is 2.00 bits per heavy atom. The highest BCUT2D eigenvalue weighted by Gasteiger charge is 2.31. The van der Waals surface area contributed by atoms with E-state index in [1.165, 1.54) is 5.69 Å². The molecule has 1 atom stereocenters. The molecule has 0 aliphatic heterocycles. The van der Waals surface area contributed by atoms with Crippen molar-refractivity contribution >= 4 is 5.91 Å². The molecule has 0 aromatic carbocycles. The van der Waals surface area contributed by atoms with Crippen LogP contribution in [0.3, 0.4) is 0 Å². The van der Waals surface area contributed by atoms with Crippen LogP contribution in [0.5, 0.6) is 0 Å². The number of aromatic nitrogens is 2. The van der Waals surface area contributed by atoms with Gasteiger partial charge in [0, 0.05) is 44.5 Å². The summed E-state index contributed by atoms with van der Waals surface area (Å²) in [6.07, 6.45) is 4.62. The van der Waals surface area contributed by atoms with Gasteiger partial charge >= 0.3 is 0 Å². The number of rotatable bonds is 10. The van der Waals surface area contributed by atoms with Crippen molar-refractivity contribution in [1.82, 2.24) is 24.5 Å². The average molecular weight is 416 g/mol. The fourth-order valence-electron chi connectivity index (χ4n) is 4.55. The van der Waals surface area contributed by atoms with Crippen molar-refractivity contribution in [3.05, 3.63) is 41.1 Å². The first-order valence-electron chi connectivity index (χ1n) is 11.3. The van der Waals surface area contributed by atoms with Gasteiger partial charge in [-0.25, -0.2) is 0 Å². The lowest BCUT2D eigenvalue weighted by molar-refractivity contribution is 0.0766. The maximum Gasteiger partial charge on any atom is 0.274 e. The smallest absolute Gasteiger partial charge is 0.274 e. The first-order valence-corrected chi connectivity index (χ1v) is 11.3. The summed E-state index contributed by atoms with van der Waals surface area (Å²) in [7, 11) is 3.77. The highest BCUT2D eigenvalue weighted by atomic mass is 16.3. The van der Waals surface area contributed by atoms with Crippen LogP contribution in [0.15, 0.2) is 22.8 Å². The number of carbonyl (C=O) groups excluding carboxylic acids is 1. The molecule has 0 fully saturated rings. The zero-order chi connectivity index (χ0) is 21.7. The van der Waals surface area contributed by atoms with E-state index in [9.17, 15) is 4.79 Å². The van der Waals surface area contributed by atoms with E-state index in [1.54, 1.807) is 11.2 Å². The Morgan fingerprint density at radius 3 is 2.63 bits per heavy atom. The number of furan rings is 1. The van der Waals surface area contributed by atoms with Gasteiger partial charge in [-0.05, 0) is 51.0 Å². The number of hydrogen-bond acceptors (Lipinski definition) is 5. The van der Waals surface area contributed by atoms with Crippen LogP contribution < -0.4 is 0 Å². The van der Waals surface area contributed by atoms with E-state index in [0.717, 1.165) is 63.3 Å². The number of likely N-dealkylation sites (N-methyl/N-ethyl adjacent to an activating group) is 2. The molecule has 30 heavy (non-hydrogen) atoms. The van der Waals surface area contributed by atoms with Crippen LogP contribution in [-0.4, -0.2) is 76.2 Å². The normalized spacial score (nSPS) is 16.3. The standard InChI is InChI=1S/C23H37N5O2/c1-6-27(7-2)13-14-28(8-3)18-11-12-21-20(16-18)22(24-26(21)5)23(29)25(4)17-19-10-9-15-30-19/h9-10,15,18H,6-8,11-14,16-17H2,1-5H3. The molecular weight excluding hydrogens is 378 g/mol. The molecule has 0 bridgehead atoms. The first kappa shape index (κ1) is 22.6. The predicted octanol–water partition coefficient (Wildman–Crippen LogP) is 2.81. The van der Waals surface area contributed by atoms with E-state index in [1.807, 2.05) is 30.9 Å². The van der Waals surface area contributed by atoms with Gasteiger partial charge in [-0.15, -0.1) is 0 Å². The molecule has 166 valence electrons. The minimum absolute atomic E-state index is 0.0323. The number of nitrogens with zero attached hydrogens (tertiary/aromatic N) is 5. The molecule has 0 radical (unpaired) electrons. The molecule has 1 unspecified atom stereocenters. The van der Waals surface area contributed by atoms with Gasteiger partial charge in [0.1, 0.15) is 5.76 Å². The molecule has 1 aliphatic rings. The fourth-order valence-corrected chi connectivity index (χ4v) is 4.55. The topological polar surface area (TPSA) is 57.8 Å². The maximum atomic E-state index is 13.2.